The van der Waals surface area contributed by atoms with Crippen molar-refractivity contribution in [3.8, 4) is 0 Å². The highest BCUT2D eigenvalue weighted by Gasteiger charge is 2.33. The molecule has 0 aliphatic rings. The number of hydrogen-bond acceptors (Lipinski definition) is 3. The van der Waals surface area contributed by atoms with Crippen molar-refractivity contribution >= 4 is 0 Å². The Morgan fingerprint density at radius 1 is 1.19 bits per heavy atom. The van der Waals surface area contributed by atoms with Gasteiger partial charge in [-0.1, -0.05) is 18.2 Å². The molecule has 112 valence electrons. The first kappa shape index (κ1) is 15.4. The van der Waals surface area contributed by atoms with Crippen LogP contribution in [0, 0.1) is 0 Å². The molecule has 0 bridgehead atoms. The number of hydrogen-bond donors (Lipinski definition) is 0. The monoisotopic (exact) mass is 295 g/mol. The van der Waals surface area contributed by atoms with E-state index in [2.05, 4.69) is 9.97 Å². The van der Waals surface area contributed by atoms with Crippen LogP contribution < -0.4 is 0 Å². The number of aromatic nitrogens is 2. The summed E-state index contributed by atoms with van der Waals surface area (Å²) in [6, 6.07) is 7.30. The molecule has 2 rings (SSSR count). The minimum atomic E-state index is -4.34. The predicted molar refractivity (Wildman–Crippen MR) is 73.4 cm³/mol. The third-order valence-electron chi connectivity index (χ3n) is 3.44. The molecule has 0 amide bonds. The van der Waals surface area contributed by atoms with Crippen LogP contribution in [0.25, 0.3) is 0 Å². The predicted octanol–water partition coefficient (Wildman–Crippen LogP) is 3.69. The van der Waals surface area contributed by atoms with Crippen molar-refractivity contribution in [3.63, 3.8) is 0 Å². The second-order valence-electron chi connectivity index (χ2n) is 4.88. The molecule has 0 aliphatic carbocycles. The number of alkyl halides is 3. The Balaban J connectivity index is 2.19. The summed E-state index contributed by atoms with van der Waals surface area (Å²) >= 11 is 0. The van der Waals surface area contributed by atoms with Crippen LogP contribution in [-0.2, 0) is 12.7 Å². The summed E-state index contributed by atoms with van der Waals surface area (Å²) in [6.07, 6.45) is -1.28. The van der Waals surface area contributed by atoms with E-state index in [4.69, 9.17) is 0 Å². The summed E-state index contributed by atoms with van der Waals surface area (Å²) in [5.74, 6) is 0. The topological polar surface area (TPSA) is 29.0 Å². The second-order valence-corrected chi connectivity index (χ2v) is 4.88. The molecule has 2 aromatic rings. The molecule has 1 aromatic heterocycles. The van der Waals surface area contributed by atoms with Gasteiger partial charge in [0, 0.05) is 18.8 Å². The molecule has 1 aromatic carbocycles. The Morgan fingerprint density at radius 2 is 1.90 bits per heavy atom. The van der Waals surface area contributed by atoms with Gasteiger partial charge in [0.05, 0.1) is 11.3 Å². The first-order valence-electron chi connectivity index (χ1n) is 6.51. The van der Waals surface area contributed by atoms with Gasteiger partial charge in [-0.15, -0.1) is 0 Å². The van der Waals surface area contributed by atoms with Gasteiger partial charge in [-0.3, -0.25) is 4.90 Å². The van der Waals surface area contributed by atoms with Crippen LogP contribution in [0.5, 0.6) is 0 Å². The molecular formula is C15H16F3N3. The molecule has 6 heteroatoms. The van der Waals surface area contributed by atoms with E-state index in [0.717, 1.165) is 11.8 Å². The van der Waals surface area contributed by atoms with Gasteiger partial charge in [0.15, 0.2) is 0 Å². The molecule has 0 saturated carbocycles. The third-order valence-corrected chi connectivity index (χ3v) is 3.44. The van der Waals surface area contributed by atoms with Crippen molar-refractivity contribution in [2.24, 2.45) is 0 Å². The number of rotatable bonds is 4. The fourth-order valence-electron chi connectivity index (χ4n) is 2.11. The Morgan fingerprint density at radius 3 is 2.52 bits per heavy atom. The lowest BCUT2D eigenvalue weighted by Crippen LogP contribution is -2.24. The van der Waals surface area contributed by atoms with E-state index in [9.17, 15) is 13.2 Å². The minimum absolute atomic E-state index is 0.103. The zero-order chi connectivity index (χ0) is 15.5. The van der Waals surface area contributed by atoms with Gasteiger partial charge in [0.2, 0.25) is 0 Å². The van der Waals surface area contributed by atoms with E-state index >= 15 is 0 Å². The smallest absolute Gasteiger partial charge is 0.294 e. The fourth-order valence-corrected chi connectivity index (χ4v) is 2.11. The van der Waals surface area contributed by atoms with Gasteiger partial charge in [-0.25, -0.2) is 9.97 Å². The maximum Gasteiger partial charge on any atom is 0.416 e. The van der Waals surface area contributed by atoms with Crippen molar-refractivity contribution in [2.75, 3.05) is 7.05 Å². The number of benzene rings is 1. The van der Waals surface area contributed by atoms with Crippen molar-refractivity contribution < 1.29 is 13.2 Å². The van der Waals surface area contributed by atoms with Crippen molar-refractivity contribution in [1.29, 1.82) is 0 Å². The normalized spacial score (nSPS) is 13.4. The first-order chi connectivity index (χ1) is 9.89. The highest BCUT2D eigenvalue weighted by molar-refractivity contribution is 5.29. The third kappa shape index (κ3) is 3.78. The van der Waals surface area contributed by atoms with Crippen LogP contribution in [-0.4, -0.2) is 21.9 Å². The van der Waals surface area contributed by atoms with Crippen molar-refractivity contribution in [1.82, 2.24) is 14.9 Å². The fraction of sp³-hybridized carbons (Fsp3) is 0.333. The Hall–Kier alpha value is -1.95. The molecule has 3 nitrogen and oxygen atoms in total. The Labute approximate surface area is 121 Å². The highest BCUT2D eigenvalue weighted by atomic mass is 19.4. The summed E-state index contributed by atoms with van der Waals surface area (Å²) in [7, 11) is 1.78. The van der Waals surface area contributed by atoms with E-state index in [-0.39, 0.29) is 18.2 Å². The summed E-state index contributed by atoms with van der Waals surface area (Å²) in [5, 5.41) is 0. The van der Waals surface area contributed by atoms with Gasteiger partial charge >= 0.3 is 6.18 Å². The summed E-state index contributed by atoms with van der Waals surface area (Å²) in [4.78, 5) is 9.80. The molecule has 0 saturated heterocycles. The quantitative estimate of drug-likeness (QED) is 0.861. The largest absolute Gasteiger partial charge is 0.416 e. The maximum absolute atomic E-state index is 13.0. The molecule has 1 atom stereocenters. The molecule has 0 fully saturated rings. The zero-order valence-corrected chi connectivity index (χ0v) is 11.8. The molecule has 21 heavy (non-hydrogen) atoms. The Kier molecular flexibility index (Phi) is 4.57. The van der Waals surface area contributed by atoms with Gasteiger partial charge < -0.3 is 0 Å². The SMILES string of the molecule is C[C@H](c1ccncn1)N(C)Cc1ccccc1C(F)(F)F. The highest BCUT2D eigenvalue weighted by Crippen LogP contribution is 2.33. The lowest BCUT2D eigenvalue weighted by atomic mass is 10.1. The molecule has 0 N–H and O–H groups in total. The van der Waals surface area contributed by atoms with Crippen LogP contribution in [0.2, 0.25) is 0 Å². The average molecular weight is 295 g/mol. The van der Waals surface area contributed by atoms with Crippen LogP contribution in [0.3, 0.4) is 0 Å². The lowest BCUT2D eigenvalue weighted by molar-refractivity contribution is -0.138. The van der Waals surface area contributed by atoms with Gasteiger partial charge in [0.25, 0.3) is 0 Å². The number of nitrogens with zero attached hydrogens (tertiary/aromatic N) is 3. The summed E-state index contributed by atoms with van der Waals surface area (Å²) < 4.78 is 39.0. The maximum atomic E-state index is 13.0. The first-order valence-corrected chi connectivity index (χ1v) is 6.51. The van der Waals surface area contributed by atoms with Gasteiger partial charge in [-0.2, -0.15) is 13.2 Å². The molecule has 0 spiro atoms. The molecule has 0 aliphatic heterocycles. The van der Waals surface area contributed by atoms with E-state index < -0.39 is 11.7 Å². The van der Waals surface area contributed by atoms with E-state index in [1.807, 2.05) is 11.8 Å². The van der Waals surface area contributed by atoms with Gasteiger partial charge in [0.1, 0.15) is 6.33 Å². The average Bonchev–Trinajstić information content (AvgIpc) is 2.47. The van der Waals surface area contributed by atoms with E-state index in [0.29, 0.717) is 0 Å². The molecule has 1 heterocycles. The zero-order valence-electron chi connectivity index (χ0n) is 11.8. The Bertz CT molecular complexity index is 584. The second kappa shape index (κ2) is 6.22. The van der Waals surface area contributed by atoms with Crippen LogP contribution >= 0.6 is 0 Å². The van der Waals surface area contributed by atoms with E-state index in [1.54, 1.807) is 25.4 Å². The molecular weight excluding hydrogens is 279 g/mol. The molecule has 0 unspecified atom stereocenters. The van der Waals surface area contributed by atoms with E-state index in [1.165, 1.54) is 18.5 Å². The lowest BCUT2D eigenvalue weighted by Gasteiger charge is -2.25. The van der Waals surface area contributed by atoms with Crippen molar-refractivity contribution in [2.45, 2.75) is 25.7 Å². The minimum Gasteiger partial charge on any atom is -0.294 e. The number of halogens is 3. The van der Waals surface area contributed by atoms with Crippen LogP contribution in [0.15, 0.2) is 42.9 Å². The molecule has 0 radical (unpaired) electrons. The van der Waals surface area contributed by atoms with Crippen LogP contribution in [0.4, 0.5) is 13.2 Å². The van der Waals surface area contributed by atoms with Crippen LogP contribution in [0.1, 0.15) is 29.8 Å². The summed E-state index contributed by atoms with van der Waals surface area (Å²) in [6.45, 7) is 2.10. The standard InChI is InChI=1S/C15H16F3N3/c1-11(14-7-8-19-10-20-14)21(2)9-12-5-3-4-6-13(12)15(16,17)18/h3-8,10-11H,9H2,1-2H3/t11-/m1/s1. The van der Waals surface area contributed by atoms with Crippen molar-refractivity contribution in [3.05, 3.63) is 59.7 Å². The van der Waals surface area contributed by atoms with Gasteiger partial charge in [-0.05, 0) is 31.7 Å². The summed E-state index contributed by atoms with van der Waals surface area (Å²) in [5.41, 5.74) is 0.442.